The third kappa shape index (κ3) is 4.48. The maximum absolute atomic E-state index is 14.0. The van der Waals surface area contributed by atoms with Gasteiger partial charge in [0.05, 0.1) is 12.0 Å². The lowest BCUT2D eigenvalue weighted by atomic mass is 9.84. The van der Waals surface area contributed by atoms with E-state index in [1.807, 2.05) is 0 Å². The molecule has 2 aliphatic carbocycles. The van der Waals surface area contributed by atoms with Gasteiger partial charge in [-0.1, -0.05) is 32.1 Å². The Hall–Kier alpha value is -0.0700. The van der Waals surface area contributed by atoms with Crippen LogP contribution in [-0.4, -0.2) is 31.5 Å². The molecule has 0 bridgehead atoms. The van der Waals surface area contributed by atoms with Crippen LogP contribution in [0.1, 0.15) is 44.9 Å². The van der Waals surface area contributed by atoms with Crippen LogP contribution in [0.25, 0.3) is 0 Å². The van der Waals surface area contributed by atoms with Crippen LogP contribution >= 0.6 is 7.82 Å². The number of halogens is 2. The van der Waals surface area contributed by atoms with Crippen LogP contribution in [0, 0.1) is 17.8 Å². The number of rotatable bonds is 8. The van der Waals surface area contributed by atoms with Crippen molar-refractivity contribution < 1.29 is 32.0 Å². The number of phosphoric acid groups is 1. The standard InChI is InChI=1S/C14H25F2O5P/c1-19-22(18,20-2)21-14(15,16)12-9-11(12)13(17)8-10-6-4-3-5-7-10/h10-13,17H,3-9H2,1-2H3/t11-,12-,13-/m1/s1. The molecule has 2 rings (SSSR count). The van der Waals surface area contributed by atoms with Crippen molar-refractivity contribution >= 4 is 7.82 Å². The minimum absolute atomic E-state index is 0.161. The maximum atomic E-state index is 14.0. The summed E-state index contributed by atoms with van der Waals surface area (Å²) in [6, 6.07) is 0. The summed E-state index contributed by atoms with van der Waals surface area (Å²) in [6.45, 7) is 0. The van der Waals surface area contributed by atoms with Crippen molar-refractivity contribution in [3.05, 3.63) is 0 Å². The van der Waals surface area contributed by atoms with Crippen LogP contribution in [0.15, 0.2) is 0 Å². The molecule has 0 heterocycles. The molecule has 0 unspecified atom stereocenters. The molecule has 22 heavy (non-hydrogen) atoms. The fourth-order valence-electron chi connectivity index (χ4n) is 3.33. The first kappa shape index (κ1) is 18.3. The smallest absolute Gasteiger partial charge is 0.393 e. The second kappa shape index (κ2) is 7.22. The predicted octanol–water partition coefficient (Wildman–Crippen LogP) is 3.96. The third-order valence-electron chi connectivity index (χ3n) is 4.75. The molecule has 0 spiro atoms. The van der Waals surface area contributed by atoms with E-state index in [-0.39, 0.29) is 6.42 Å². The van der Waals surface area contributed by atoms with Crippen molar-refractivity contribution in [1.82, 2.24) is 0 Å². The summed E-state index contributed by atoms with van der Waals surface area (Å²) >= 11 is 0. The molecule has 0 amide bonds. The van der Waals surface area contributed by atoms with Crippen LogP contribution in [0.4, 0.5) is 8.78 Å². The van der Waals surface area contributed by atoms with Gasteiger partial charge in [-0.25, -0.2) is 9.09 Å². The Morgan fingerprint density at radius 1 is 1.23 bits per heavy atom. The molecular formula is C14H25F2O5P. The Bertz CT molecular complexity index is 406. The molecule has 2 aliphatic rings. The number of hydrogen-bond acceptors (Lipinski definition) is 5. The van der Waals surface area contributed by atoms with Gasteiger partial charge in [0, 0.05) is 14.2 Å². The predicted molar refractivity (Wildman–Crippen MR) is 76.5 cm³/mol. The van der Waals surface area contributed by atoms with Gasteiger partial charge in [-0.15, -0.1) is 0 Å². The Morgan fingerprint density at radius 2 is 1.82 bits per heavy atom. The highest BCUT2D eigenvalue weighted by atomic mass is 31.2. The zero-order valence-corrected chi connectivity index (χ0v) is 13.9. The van der Waals surface area contributed by atoms with Crippen LogP contribution in [-0.2, 0) is 18.1 Å². The molecule has 0 aliphatic heterocycles. The topological polar surface area (TPSA) is 65.0 Å². The summed E-state index contributed by atoms with van der Waals surface area (Å²) in [7, 11) is -2.26. The average Bonchev–Trinajstić information content (AvgIpc) is 3.29. The summed E-state index contributed by atoms with van der Waals surface area (Å²) in [5, 5.41) is 10.2. The molecule has 0 radical (unpaired) electrons. The van der Waals surface area contributed by atoms with E-state index in [1.54, 1.807) is 0 Å². The van der Waals surface area contributed by atoms with Crippen LogP contribution in [0.2, 0.25) is 0 Å². The maximum Gasteiger partial charge on any atom is 0.479 e. The first-order chi connectivity index (χ1) is 10.3. The third-order valence-corrected chi connectivity index (χ3v) is 6.11. The van der Waals surface area contributed by atoms with Gasteiger partial charge >= 0.3 is 13.9 Å². The zero-order valence-electron chi connectivity index (χ0n) is 13.0. The first-order valence-corrected chi connectivity index (χ1v) is 9.25. The SMILES string of the molecule is COP(=O)(OC)OC(F)(F)[C@@H]1C[C@H]1[C@H](O)CC1CCCCC1. The van der Waals surface area contributed by atoms with Gasteiger partial charge < -0.3 is 5.11 Å². The van der Waals surface area contributed by atoms with E-state index in [4.69, 9.17) is 0 Å². The molecule has 0 aromatic rings. The lowest BCUT2D eigenvalue weighted by Crippen LogP contribution is -2.27. The molecule has 0 aromatic carbocycles. The molecule has 0 aromatic heterocycles. The summed E-state index contributed by atoms with van der Waals surface area (Å²) in [5.41, 5.74) is 0. The van der Waals surface area contributed by atoms with Crippen molar-refractivity contribution in [3.8, 4) is 0 Å². The molecule has 2 fully saturated rings. The highest BCUT2D eigenvalue weighted by Gasteiger charge is 2.61. The zero-order chi connectivity index (χ0) is 16.4. The van der Waals surface area contributed by atoms with Gasteiger partial charge in [0.25, 0.3) is 0 Å². The fourth-order valence-corrected chi connectivity index (χ4v) is 4.06. The van der Waals surface area contributed by atoms with Gasteiger partial charge in [0.2, 0.25) is 0 Å². The molecule has 130 valence electrons. The summed E-state index contributed by atoms with van der Waals surface area (Å²) in [6.07, 6.45) is 1.97. The van der Waals surface area contributed by atoms with Crippen molar-refractivity contribution in [1.29, 1.82) is 0 Å². The summed E-state index contributed by atoms with van der Waals surface area (Å²) in [5.74, 6) is -1.23. The number of aliphatic hydroxyl groups is 1. The van der Waals surface area contributed by atoms with Gasteiger partial charge in [0.15, 0.2) is 0 Å². The highest BCUT2D eigenvalue weighted by Crippen LogP contribution is 2.60. The number of aliphatic hydroxyl groups excluding tert-OH is 1. The fraction of sp³-hybridized carbons (Fsp3) is 1.00. The molecule has 0 saturated heterocycles. The van der Waals surface area contributed by atoms with E-state index in [2.05, 4.69) is 13.6 Å². The normalized spacial score (nSPS) is 28.6. The monoisotopic (exact) mass is 342 g/mol. The van der Waals surface area contributed by atoms with E-state index >= 15 is 0 Å². The van der Waals surface area contributed by atoms with E-state index in [1.165, 1.54) is 6.42 Å². The molecule has 8 heteroatoms. The summed E-state index contributed by atoms with van der Waals surface area (Å²) in [4.78, 5) is 0. The lowest BCUT2D eigenvalue weighted by molar-refractivity contribution is -0.209. The number of hydrogen-bond donors (Lipinski definition) is 1. The van der Waals surface area contributed by atoms with Crippen LogP contribution < -0.4 is 0 Å². The van der Waals surface area contributed by atoms with Crippen molar-refractivity contribution in [3.63, 3.8) is 0 Å². The van der Waals surface area contributed by atoms with Crippen LogP contribution in [0.3, 0.4) is 0 Å². The van der Waals surface area contributed by atoms with Crippen LogP contribution in [0.5, 0.6) is 0 Å². The first-order valence-electron chi connectivity index (χ1n) is 7.79. The van der Waals surface area contributed by atoms with E-state index in [9.17, 15) is 18.5 Å². The molecule has 2 saturated carbocycles. The summed E-state index contributed by atoms with van der Waals surface area (Å²) < 4.78 is 52.7. The molecule has 3 atom stereocenters. The second-order valence-electron chi connectivity index (χ2n) is 6.28. The average molecular weight is 342 g/mol. The molecule has 1 N–H and O–H groups in total. The van der Waals surface area contributed by atoms with Crippen molar-refractivity contribution in [2.75, 3.05) is 14.2 Å². The Kier molecular flexibility index (Phi) is 6.00. The van der Waals surface area contributed by atoms with Gasteiger partial charge in [0.1, 0.15) is 0 Å². The molecular weight excluding hydrogens is 317 g/mol. The Labute approximate surface area is 129 Å². The van der Waals surface area contributed by atoms with Crippen molar-refractivity contribution in [2.24, 2.45) is 17.8 Å². The largest absolute Gasteiger partial charge is 0.479 e. The quantitative estimate of drug-likeness (QED) is 0.676. The van der Waals surface area contributed by atoms with Gasteiger partial charge in [-0.3, -0.25) is 9.05 Å². The van der Waals surface area contributed by atoms with E-state index < -0.39 is 31.9 Å². The van der Waals surface area contributed by atoms with E-state index in [0.717, 1.165) is 39.9 Å². The number of alkyl halides is 2. The highest BCUT2D eigenvalue weighted by molar-refractivity contribution is 7.48. The Balaban J connectivity index is 1.85. The van der Waals surface area contributed by atoms with Gasteiger partial charge in [-0.2, -0.15) is 8.78 Å². The van der Waals surface area contributed by atoms with E-state index in [0.29, 0.717) is 12.3 Å². The lowest BCUT2D eigenvalue weighted by Gasteiger charge is -2.25. The van der Waals surface area contributed by atoms with Gasteiger partial charge in [-0.05, 0) is 24.7 Å². The minimum Gasteiger partial charge on any atom is -0.393 e. The Morgan fingerprint density at radius 3 is 2.36 bits per heavy atom. The minimum atomic E-state index is -4.24. The molecule has 5 nitrogen and oxygen atoms in total. The second-order valence-corrected chi connectivity index (χ2v) is 8.09. The van der Waals surface area contributed by atoms with Crippen molar-refractivity contribution in [2.45, 2.75) is 57.2 Å². The number of phosphoric ester groups is 1.